The van der Waals surface area contributed by atoms with Gasteiger partial charge >= 0.3 is 0 Å². The number of nitrogens with zero attached hydrogens (tertiary/aromatic N) is 1. The molecule has 0 aromatic rings. The Balaban J connectivity index is 0.00000128. The molecule has 2 aliphatic rings. The first-order valence-corrected chi connectivity index (χ1v) is 6.30. The molecule has 1 N–H and O–H groups in total. The van der Waals surface area contributed by atoms with Crippen LogP contribution in [0.1, 0.15) is 39.0 Å². The van der Waals surface area contributed by atoms with Gasteiger partial charge in [-0.3, -0.25) is 4.79 Å². The fourth-order valence-electron chi connectivity index (χ4n) is 2.70. The number of hydrogen-bond acceptors (Lipinski definition) is 2. The molecule has 2 heterocycles. The first-order chi connectivity index (χ1) is 7.29. The van der Waals surface area contributed by atoms with Crippen LogP contribution in [-0.2, 0) is 4.79 Å². The molecule has 0 saturated carbocycles. The van der Waals surface area contributed by atoms with Crippen molar-refractivity contribution in [1.82, 2.24) is 10.2 Å². The van der Waals surface area contributed by atoms with Crippen molar-refractivity contribution in [2.75, 3.05) is 19.6 Å². The van der Waals surface area contributed by atoms with Gasteiger partial charge in [0.05, 0.1) is 5.92 Å². The number of rotatable bonds is 1. The SMILES string of the molecule is CC1CCCCCN1C(=O)[C@H]1CCNC1.Cl. The van der Waals surface area contributed by atoms with E-state index < -0.39 is 0 Å². The minimum Gasteiger partial charge on any atom is -0.340 e. The Hall–Kier alpha value is -0.280. The van der Waals surface area contributed by atoms with Crippen LogP contribution in [0.15, 0.2) is 0 Å². The minimum atomic E-state index is 0. The lowest BCUT2D eigenvalue weighted by molar-refractivity contribution is -0.136. The van der Waals surface area contributed by atoms with Gasteiger partial charge in [0.2, 0.25) is 5.91 Å². The van der Waals surface area contributed by atoms with Gasteiger partial charge < -0.3 is 10.2 Å². The third-order valence-electron chi connectivity index (χ3n) is 3.75. The molecule has 3 nitrogen and oxygen atoms in total. The molecule has 0 radical (unpaired) electrons. The van der Waals surface area contributed by atoms with Gasteiger partial charge in [0.15, 0.2) is 0 Å². The molecule has 0 spiro atoms. The van der Waals surface area contributed by atoms with E-state index in [0.29, 0.717) is 11.9 Å². The van der Waals surface area contributed by atoms with Crippen LogP contribution in [0.25, 0.3) is 0 Å². The van der Waals surface area contributed by atoms with E-state index in [1.54, 1.807) is 0 Å². The summed E-state index contributed by atoms with van der Waals surface area (Å²) in [5.74, 6) is 0.653. The molecule has 1 amide bonds. The standard InChI is InChI=1S/C12H22N2O.ClH/c1-10-5-3-2-4-8-14(10)12(15)11-6-7-13-9-11;/h10-11,13H,2-9H2,1H3;1H/t10?,11-;/m0./s1. The van der Waals surface area contributed by atoms with Crippen LogP contribution in [0, 0.1) is 5.92 Å². The van der Waals surface area contributed by atoms with E-state index in [2.05, 4.69) is 17.1 Å². The second-order valence-corrected chi connectivity index (χ2v) is 4.92. The van der Waals surface area contributed by atoms with E-state index in [-0.39, 0.29) is 18.3 Å². The van der Waals surface area contributed by atoms with Gasteiger partial charge in [-0.15, -0.1) is 12.4 Å². The van der Waals surface area contributed by atoms with Crippen molar-refractivity contribution >= 4 is 18.3 Å². The molecule has 2 atom stereocenters. The average Bonchev–Trinajstić information content (AvgIpc) is 2.68. The maximum absolute atomic E-state index is 12.2. The van der Waals surface area contributed by atoms with Gasteiger partial charge in [0.1, 0.15) is 0 Å². The average molecular weight is 247 g/mol. The van der Waals surface area contributed by atoms with Crippen LogP contribution >= 0.6 is 12.4 Å². The quantitative estimate of drug-likeness (QED) is 0.766. The number of nitrogens with one attached hydrogen (secondary N) is 1. The Labute approximate surface area is 104 Å². The fraction of sp³-hybridized carbons (Fsp3) is 0.917. The summed E-state index contributed by atoms with van der Waals surface area (Å²) in [7, 11) is 0. The Morgan fingerprint density at radius 2 is 2.06 bits per heavy atom. The summed E-state index contributed by atoms with van der Waals surface area (Å²) < 4.78 is 0. The van der Waals surface area contributed by atoms with E-state index in [1.807, 2.05) is 0 Å². The molecule has 2 fully saturated rings. The molecule has 2 aliphatic heterocycles. The maximum atomic E-state index is 12.2. The summed E-state index contributed by atoms with van der Waals surface area (Å²) in [5, 5.41) is 3.28. The molecule has 94 valence electrons. The van der Waals surface area contributed by atoms with E-state index in [0.717, 1.165) is 26.1 Å². The number of carbonyl (C=O) groups excluding carboxylic acids is 1. The Morgan fingerprint density at radius 1 is 1.25 bits per heavy atom. The smallest absolute Gasteiger partial charge is 0.227 e. The molecule has 0 aromatic heterocycles. The highest BCUT2D eigenvalue weighted by Gasteiger charge is 2.30. The topological polar surface area (TPSA) is 32.3 Å². The summed E-state index contributed by atoms with van der Waals surface area (Å²) in [6.07, 6.45) is 5.98. The molecule has 2 saturated heterocycles. The lowest BCUT2D eigenvalue weighted by atomic mass is 10.1. The molecule has 4 heteroatoms. The predicted octanol–water partition coefficient (Wildman–Crippen LogP) is 1.81. The van der Waals surface area contributed by atoms with Crippen molar-refractivity contribution in [3.63, 3.8) is 0 Å². The van der Waals surface area contributed by atoms with Gasteiger partial charge in [-0.1, -0.05) is 12.8 Å². The van der Waals surface area contributed by atoms with Crippen LogP contribution in [0.5, 0.6) is 0 Å². The number of halogens is 1. The zero-order chi connectivity index (χ0) is 10.7. The summed E-state index contributed by atoms with van der Waals surface area (Å²) >= 11 is 0. The van der Waals surface area contributed by atoms with Gasteiger partial charge in [0, 0.05) is 19.1 Å². The number of amides is 1. The summed E-state index contributed by atoms with van der Waals surface area (Å²) in [6.45, 7) is 5.09. The van der Waals surface area contributed by atoms with Crippen molar-refractivity contribution in [3.8, 4) is 0 Å². The Morgan fingerprint density at radius 3 is 2.75 bits per heavy atom. The van der Waals surface area contributed by atoms with E-state index in [9.17, 15) is 4.79 Å². The van der Waals surface area contributed by atoms with Gasteiger partial charge in [-0.05, 0) is 32.7 Å². The molecule has 0 bridgehead atoms. The molecule has 0 aromatic carbocycles. The van der Waals surface area contributed by atoms with Gasteiger partial charge in [0.25, 0.3) is 0 Å². The monoisotopic (exact) mass is 246 g/mol. The molecule has 2 rings (SSSR count). The Bertz CT molecular complexity index is 229. The van der Waals surface area contributed by atoms with Gasteiger partial charge in [-0.25, -0.2) is 0 Å². The predicted molar refractivity (Wildman–Crippen MR) is 67.9 cm³/mol. The summed E-state index contributed by atoms with van der Waals surface area (Å²) in [5.41, 5.74) is 0. The van der Waals surface area contributed by atoms with Crippen LogP contribution in [0.3, 0.4) is 0 Å². The normalized spacial score (nSPS) is 30.7. The number of hydrogen-bond donors (Lipinski definition) is 1. The zero-order valence-electron chi connectivity index (χ0n) is 10.1. The molecule has 16 heavy (non-hydrogen) atoms. The van der Waals surface area contributed by atoms with Crippen molar-refractivity contribution in [2.45, 2.75) is 45.1 Å². The van der Waals surface area contributed by atoms with E-state index >= 15 is 0 Å². The van der Waals surface area contributed by atoms with Crippen LogP contribution in [-0.4, -0.2) is 36.5 Å². The number of carbonyl (C=O) groups is 1. The lowest BCUT2D eigenvalue weighted by Crippen LogP contribution is -2.42. The zero-order valence-corrected chi connectivity index (χ0v) is 10.9. The van der Waals surface area contributed by atoms with Gasteiger partial charge in [-0.2, -0.15) is 0 Å². The van der Waals surface area contributed by atoms with Crippen molar-refractivity contribution in [3.05, 3.63) is 0 Å². The second kappa shape index (κ2) is 6.45. The molecular formula is C12H23ClN2O. The minimum absolute atomic E-state index is 0. The summed E-state index contributed by atoms with van der Waals surface area (Å²) in [6, 6.07) is 0.459. The van der Waals surface area contributed by atoms with Crippen LogP contribution in [0.4, 0.5) is 0 Å². The Kier molecular flexibility index (Phi) is 5.56. The summed E-state index contributed by atoms with van der Waals surface area (Å²) in [4.78, 5) is 14.4. The van der Waals surface area contributed by atoms with Crippen LogP contribution < -0.4 is 5.32 Å². The largest absolute Gasteiger partial charge is 0.340 e. The van der Waals surface area contributed by atoms with Crippen molar-refractivity contribution in [2.24, 2.45) is 5.92 Å². The van der Waals surface area contributed by atoms with Crippen LogP contribution in [0.2, 0.25) is 0 Å². The fourth-order valence-corrected chi connectivity index (χ4v) is 2.70. The molecule has 0 aliphatic carbocycles. The third-order valence-corrected chi connectivity index (χ3v) is 3.75. The molecule has 1 unspecified atom stereocenters. The highest BCUT2D eigenvalue weighted by Crippen LogP contribution is 2.20. The van der Waals surface area contributed by atoms with E-state index in [4.69, 9.17) is 0 Å². The lowest BCUT2D eigenvalue weighted by Gasteiger charge is -2.29. The highest BCUT2D eigenvalue weighted by molar-refractivity contribution is 5.85. The number of likely N-dealkylation sites (tertiary alicyclic amines) is 1. The first-order valence-electron chi connectivity index (χ1n) is 6.30. The third kappa shape index (κ3) is 3.11. The molecular weight excluding hydrogens is 224 g/mol. The second-order valence-electron chi connectivity index (χ2n) is 4.92. The highest BCUT2D eigenvalue weighted by atomic mass is 35.5. The van der Waals surface area contributed by atoms with E-state index in [1.165, 1.54) is 25.7 Å². The maximum Gasteiger partial charge on any atom is 0.227 e. The van der Waals surface area contributed by atoms with Crippen molar-refractivity contribution in [1.29, 1.82) is 0 Å². The first kappa shape index (κ1) is 13.8. The van der Waals surface area contributed by atoms with Crippen molar-refractivity contribution < 1.29 is 4.79 Å².